The van der Waals surface area contributed by atoms with Gasteiger partial charge in [0.15, 0.2) is 0 Å². The Morgan fingerprint density at radius 2 is 2.38 bits per heavy atom. The van der Waals surface area contributed by atoms with Crippen LogP contribution in [0.1, 0.15) is 30.2 Å². The summed E-state index contributed by atoms with van der Waals surface area (Å²) in [4.78, 5) is 5.13. The van der Waals surface area contributed by atoms with Crippen molar-refractivity contribution in [2.75, 3.05) is 5.32 Å². The highest BCUT2D eigenvalue weighted by molar-refractivity contribution is 7.80. The maximum atomic E-state index is 5.85. The Bertz CT molecular complexity index is 650. The molecule has 1 aliphatic rings. The van der Waals surface area contributed by atoms with Crippen LogP contribution < -0.4 is 11.1 Å². The van der Waals surface area contributed by atoms with Crippen LogP contribution in [0.4, 0.5) is 5.82 Å². The summed E-state index contributed by atoms with van der Waals surface area (Å²) in [5, 5.41) is 7.64. The van der Waals surface area contributed by atoms with E-state index in [9.17, 15) is 0 Å². The van der Waals surface area contributed by atoms with Crippen LogP contribution in [0.3, 0.4) is 0 Å². The van der Waals surface area contributed by atoms with Crippen molar-refractivity contribution in [2.45, 2.75) is 38.8 Å². The van der Waals surface area contributed by atoms with Gasteiger partial charge in [0.25, 0.3) is 0 Å². The van der Waals surface area contributed by atoms with Crippen molar-refractivity contribution >= 4 is 23.0 Å². The Labute approximate surface area is 129 Å². The molecule has 0 spiro atoms. The van der Waals surface area contributed by atoms with Gasteiger partial charge < -0.3 is 11.1 Å². The minimum absolute atomic E-state index is 0.185. The molecule has 0 bridgehead atoms. The van der Waals surface area contributed by atoms with E-state index in [1.807, 2.05) is 16.9 Å². The average molecular weight is 301 g/mol. The van der Waals surface area contributed by atoms with Crippen molar-refractivity contribution in [1.29, 1.82) is 0 Å². The molecule has 0 aliphatic heterocycles. The van der Waals surface area contributed by atoms with Crippen LogP contribution in [0.15, 0.2) is 24.5 Å². The molecule has 0 aromatic carbocycles. The van der Waals surface area contributed by atoms with Crippen LogP contribution in [0.2, 0.25) is 0 Å². The summed E-state index contributed by atoms with van der Waals surface area (Å²) in [5.41, 5.74) is 9.15. The molecule has 0 radical (unpaired) electrons. The summed E-state index contributed by atoms with van der Waals surface area (Å²) in [6.45, 7) is 2.86. The van der Waals surface area contributed by atoms with Crippen LogP contribution in [0.25, 0.3) is 0 Å². The second-order valence-electron chi connectivity index (χ2n) is 5.48. The van der Waals surface area contributed by atoms with Gasteiger partial charge >= 0.3 is 0 Å². The lowest BCUT2D eigenvalue weighted by atomic mass is 10.1. The molecular formula is C15H19N5S. The van der Waals surface area contributed by atoms with Gasteiger partial charge in [-0.05, 0) is 43.9 Å². The van der Waals surface area contributed by atoms with Gasteiger partial charge in [-0.25, -0.2) is 4.98 Å². The molecule has 0 amide bonds. The van der Waals surface area contributed by atoms with Gasteiger partial charge in [0.05, 0.1) is 12.1 Å². The summed E-state index contributed by atoms with van der Waals surface area (Å²) in [6.07, 6.45) is 6.99. The van der Waals surface area contributed by atoms with Crippen LogP contribution in [-0.2, 0) is 19.4 Å². The smallest absolute Gasteiger partial charge is 0.136 e. The molecule has 2 aromatic heterocycles. The maximum absolute atomic E-state index is 5.85. The molecule has 3 rings (SSSR count). The minimum Gasteiger partial charge on any atom is -0.389 e. The lowest BCUT2D eigenvalue weighted by Crippen LogP contribution is -2.25. The summed E-state index contributed by atoms with van der Waals surface area (Å²) in [5.74, 6) is 0.794. The van der Waals surface area contributed by atoms with E-state index >= 15 is 0 Å². The van der Waals surface area contributed by atoms with Crippen LogP contribution >= 0.6 is 12.2 Å². The predicted octanol–water partition coefficient (Wildman–Crippen LogP) is 1.90. The topological polar surface area (TPSA) is 68.8 Å². The fourth-order valence-corrected chi connectivity index (χ4v) is 2.89. The van der Waals surface area contributed by atoms with Crippen LogP contribution in [0.5, 0.6) is 0 Å². The number of anilines is 1. The number of rotatable bonds is 5. The van der Waals surface area contributed by atoms with E-state index in [2.05, 4.69) is 23.4 Å². The lowest BCUT2D eigenvalue weighted by Gasteiger charge is -2.18. The quantitative estimate of drug-likeness (QED) is 0.826. The van der Waals surface area contributed by atoms with E-state index in [0.717, 1.165) is 37.2 Å². The van der Waals surface area contributed by atoms with Crippen molar-refractivity contribution < 1.29 is 0 Å². The van der Waals surface area contributed by atoms with Gasteiger partial charge in [-0.2, -0.15) is 5.10 Å². The zero-order valence-corrected chi connectivity index (χ0v) is 12.9. The first-order valence-corrected chi connectivity index (χ1v) is 7.61. The van der Waals surface area contributed by atoms with Crippen molar-refractivity contribution in [2.24, 2.45) is 5.73 Å². The zero-order chi connectivity index (χ0) is 14.8. The van der Waals surface area contributed by atoms with Crippen molar-refractivity contribution in [3.8, 4) is 0 Å². The third kappa shape index (κ3) is 3.05. The summed E-state index contributed by atoms with van der Waals surface area (Å²) in [6, 6.07) is 4.20. The van der Waals surface area contributed by atoms with Gasteiger partial charge in [-0.15, -0.1) is 0 Å². The monoisotopic (exact) mass is 301 g/mol. The normalized spacial score (nSPS) is 14.7. The van der Waals surface area contributed by atoms with Gasteiger partial charge in [-0.1, -0.05) is 12.2 Å². The zero-order valence-electron chi connectivity index (χ0n) is 12.0. The standard InChI is InChI=1S/C15H19N5S/c1-10(9-20-7-3-6-17-20)18-15-12(14(16)21)8-11-4-2-5-13(11)19-15/h3,6-8,10H,2,4-5,9H2,1H3,(H2,16,21)(H,18,19). The number of fused-ring (bicyclic) bond motifs is 1. The maximum Gasteiger partial charge on any atom is 0.136 e. The Hall–Kier alpha value is -1.95. The molecule has 5 nitrogen and oxygen atoms in total. The fourth-order valence-electron chi connectivity index (χ4n) is 2.74. The predicted molar refractivity (Wildman–Crippen MR) is 87.5 cm³/mol. The Morgan fingerprint density at radius 1 is 1.52 bits per heavy atom. The SMILES string of the molecule is CC(Cn1cccn1)Nc1nc2c(cc1C(N)=S)CCC2. The molecule has 0 saturated heterocycles. The van der Waals surface area contributed by atoms with E-state index in [-0.39, 0.29) is 6.04 Å². The Balaban J connectivity index is 1.82. The second-order valence-corrected chi connectivity index (χ2v) is 5.92. The minimum atomic E-state index is 0.185. The van der Waals surface area contributed by atoms with Crippen LogP contribution in [-0.4, -0.2) is 25.8 Å². The number of aryl methyl sites for hydroxylation is 2. The van der Waals surface area contributed by atoms with Gasteiger partial charge in [0.1, 0.15) is 10.8 Å². The van der Waals surface area contributed by atoms with E-state index in [4.69, 9.17) is 22.9 Å². The van der Waals surface area contributed by atoms with E-state index in [0.29, 0.717) is 4.99 Å². The largest absolute Gasteiger partial charge is 0.389 e. The molecule has 2 aromatic rings. The number of nitrogens with zero attached hydrogens (tertiary/aromatic N) is 3. The molecule has 6 heteroatoms. The molecule has 1 aliphatic carbocycles. The van der Waals surface area contributed by atoms with Crippen molar-refractivity contribution in [3.05, 3.63) is 41.3 Å². The molecule has 3 N–H and O–H groups in total. The summed E-state index contributed by atoms with van der Waals surface area (Å²) < 4.78 is 1.89. The first kappa shape index (κ1) is 14.0. The molecule has 1 atom stereocenters. The number of hydrogen-bond acceptors (Lipinski definition) is 4. The summed E-state index contributed by atoms with van der Waals surface area (Å²) in [7, 11) is 0. The first-order valence-electron chi connectivity index (χ1n) is 7.20. The molecule has 1 unspecified atom stereocenters. The van der Waals surface area contributed by atoms with E-state index in [1.165, 1.54) is 11.3 Å². The number of thiocarbonyl (C=S) groups is 1. The molecule has 0 fully saturated rings. The molecule has 21 heavy (non-hydrogen) atoms. The molecule has 0 saturated carbocycles. The average Bonchev–Trinajstić information content (AvgIpc) is 3.07. The Kier molecular flexibility index (Phi) is 3.88. The number of hydrogen-bond donors (Lipinski definition) is 2. The van der Waals surface area contributed by atoms with E-state index < -0.39 is 0 Å². The lowest BCUT2D eigenvalue weighted by molar-refractivity contribution is 0.559. The fraction of sp³-hybridized carbons (Fsp3) is 0.400. The van der Waals surface area contributed by atoms with E-state index in [1.54, 1.807) is 6.20 Å². The van der Waals surface area contributed by atoms with Gasteiger partial charge in [0.2, 0.25) is 0 Å². The Morgan fingerprint density at radius 3 is 3.10 bits per heavy atom. The number of nitrogens with two attached hydrogens (primary N) is 1. The molecule has 2 heterocycles. The third-order valence-corrected chi connectivity index (χ3v) is 3.94. The molecule has 110 valence electrons. The number of aromatic nitrogens is 3. The van der Waals surface area contributed by atoms with Crippen molar-refractivity contribution in [3.63, 3.8) is 0 Å². The van der Waals surface area contributed by atoms with Gasteiger partial charge in [-0.3, -0.25) is 4.68 Å². The highest BCUT2D eigenvalue weighted by Gasteiger charge is 2.18. The third-order valence-electron chi connectivity index (χ3n) is 3.72. The van der Waals surface area contributed by atoms with Crippen LogP contribution in [0, 0.1) is 0 Å². The highest BCUT2D eigenvalue weighted by Crippen LogP contribution is 2.25. The first-order chi connectivity index (χ1) is 10.1. The molecular weight excluding hydrogens is 282 g/mol. The van der Waals surface area contributed by atoms with Gasteiger partial charge in [0, 0.05) is 24.1 Å². The summed E-state index contributed by atoms with van der Waals surface area (Å²) >= 11 is 5.17. The highest BCUT2D eigenvalue weighted by atomic mass is 32.1. The second kappa shape index (κ2) is 5.81. The number of nitrogens with one attached hydrogen (secondary N) is 1. The van der Waals surface area contributed by atoms with Crippen molar-refractivity contribution in [1.82, 2.24) is 14.8 Å². The number of pyridine rings is 1.